The summed E-state index contributed by atoms with van der Waals surface area (Å²) in [5.41, 5.74) is -0.254. The van der Waals surface area contributed by atoms with Crippen molar-refractivity contribution in [1.29, 1.82) is 0 Å². The molecule has 1 fully saturated rings. The van der Waals surface area contributed by atoms with E-state index in [2.05, 4.69) is 10.00 Å². The molecular formula is C16H15Cl2F3N4O. The van der Waals surface area contributed by atoms with Gasteiger partial charge in [0.05, 0.1) is 10.0 Å². The Morgan fingerprint density at radius 2 is 1.81 bits per heavy atom. The summed E-state index contributed by atoms with van der Waals surface area (Å²) in [6.45, 7) is 2.67. The van der Waals surface area contributed by atoms with Crippen molar-refractivity contribution in [3.63, 3.8) is 0 Å². The van der Waals surface area contributed by atoms with E-state index in [9.17, 15) is 18.0 Å². The summed E-state index contributed by atoms with van der Waals surface area (Å²) in [6, 6.07) is 6.15. The van der Waals surface area contributed by atoms with Gasteiger partial charge in [-0.05, 0) is 17.7 Å². The van der Waals surface area contributed by atoms with Gasteiger partial charge in [-0.15, -0.1) is 0 Å². The fraction of sp³-hybridized carbons (Fsp3) is 0.375. The normalized spacial score (nSPS) is 16.1. The van der Waals surface area contributed by atoms with Gasteiger partial charge in [0.2, 0.25) is 0 Å². The molecule has 1 saturated heterocycles. The molecule has 5 nitrogen and oxygen atoms in total. The highest BCUT2D eigenvalue weighted by molar-refractivity contribution is 6.42. The number of nitrogens with one attached hydrogen (secondary N) is 1. The Kier molecular flexibility index (Phi) is 5.45. The lowest BCUT2D eigenvalue weighted by molar-refractivity contribution is -0.141. The highest BCUT2D eigenvalue weighted by Gasteiger charge is 2.34. The fourth-order valence-electron chi connectivity index (χ4n) is 2.74. The lowest BCUT2D eigenvalue weighted by Gasteiger charge is -2.34. The molecule has 3 rings (SSSR count). The SMILES string of the molecule is O=C(c1cc(C(F)(F)F)[nH]n1)N1CCN(Cc2ccc(Cl)c(Cl)c2)CC1. The molecule has 0 bridgehead atoms. The van der Waals surface area contributed by atoms with Gasteiger partial charge in [0, 0.05) is 38.8 Å². The number of piperazine rings is 1. The van der Waals surface area contributed by atoms with Crippen LogP contribution in [-0.4, -0.2) is 52.1 Å². The van der Waals surface area contributed by atoms with E-state index in [0.717, 1.165) is 11.6 Å². The number of aromatic amines is 1. The maximum absolute atomic E-state index is 12.6. The van der Waals surface area contributed by atoms with Crippen molar-refractivity contribution in [2.24, 2.45) is 0 Å². The van der Waals surface area contributed by atoms with Gasteiger partial charge in [-0.2, -0.15) is 18.3 Å². The van der Waals surface area contributed by atoms with E-state index in [4.69, 9.17) is 23.2 Å². The first-order chi connectivity index (χ1) is 12.2. The van der Waals surface area contributed by atoms with Gasteiger partial charge in [-0.1, -0.05) is 29.3 Å². The number of halogens is 5. The van der Waals surface area contributed by atoms with Crippen molar-refractivity contribution >= 4 is 29.1 Å². The van der Waals surface area contributed by atoms with Crippen molar-refractivity contribution < 1.29 is 18.0 Å². The summed E-state index contributed by atoms with van der Waals surface area (Å²) in [4.78, 5) is 15.9. The average Bonchev–Trinajstić information content (AvgIpc) is 3.09. The van der Waals surface area contributed by atoms with Crippen LogP contribution >= 0.6 is 23.2 Å². The van der Waals surface area contributed by atoms with Crippen LogP contribution in [0.4, 0.5) is 13.2 Å². The van der Waals surface area contributed by atoms with E-state index in [1.807, 2.05) is 11.2 Å². The molecule has 140 valence electrons. The predicted octanol–water partition coefficient (Wildman–Crippen LogP) is 3.69. The van der Waals surface area contributed by atoms with Crippen molar-refractivity contribution in [2.45, 2.75) is 12.7 Å². The summed E-state index contributed by atoms with van der Waals surface area (Å²) in [5.74, 6) is -0.508. The zero-order valence-electron chi connectivity index (χ0n) is 13.5. The molecule has 0 saturated carbocycles. The Morgan fingerprint density at radius 1 is 1.12 bits per heavy atom. The summed E-state index contributed by atoms with van der Waals surface area (Å²) < 4.78 is 37.8. The van der Waals surface area contributed by atoms with Crippen LogP contribution in [0.15, 0.2) is 24.3 Å². The first kappa shape index (κ1) is 19.0. The average molecular weight is 407 g/mol. The Hall–Kier alpha value is -1.77. The zero-order valence-corrected chi connectivity index (χ0v) is 15.0. The summed E-state index contributed by atoms with van der Waals surface area (Å²) in [6.07, 6.45) is -4.55. The standard InChI is InChI=1S/C16H15Cl2F3N4O/c17-11-2-1-10(7-12(11)18)9-24-3-5-25(6-4-24)15(26)13-8-14(23-22-13)16(19,20)21/h1-2,7-8H,3-6,9H2,(H,22,23). The Bertz CT molecular complexity index is 801. The highest BCUT2D eigenvalue weighted by Crippen LogP contribution is 2.28. The third-order valence-electron chi connectivity index (χ3n) is 4.15. The van der Waals surface area contributed by atoms with Crippen molar-refractivity contribution in [1.82, 2.24) is 20.0 Å². The first-order valence-corrected chi connectivity index (χ1v) is 8.58. The Morgan fingerprint density at radius 3 is 2.38 bits per heavy atom. The Labute approximate surface area is 157 Å². The number of aromatic nitrogens is 2. The van der Waals surface area contributed by atoms with Crippen LogP contribution in [0, 0.1) is 0 Å². The molecule has 1 N–H and O–H groups in total. The second-order valence-electron chi connectivity index (χ2n) is 5.98. The second kappa shape index (κ2) is 7.46. The zero-order chi connectivity index (χ0) is 18.9. The quantitative estimate of drug-likeness (QED) is 0.845. The third-order valence-corrected chi connectivity index (χ3v) is 4.89. The van der Waals surface area contributed by atoms with E-state index in [-0.39, 0.29) is 5.69 Å². The van der Waals surface area contributed by atoms with Gasteiger partial charge >= 0.3 is 6.18 Å². The van der Waals surface area contributed by atoms with E-state index < -0.39 is 17.8 Å². The summed E-state index contributed by atoms with van der Waals surface area (Å²) >= 11 is 11.9. The molecule has 1 aliphatic heterocycles. The maximum atomic E-state index is 12.6. The van der Waals surface area contributed by atoms with Gasteiger partial charge in [-0.3, -0.25) is 14.8 Å². The van der Waals surface area contributed by atoms with Crippen LogP contribution in [-0.2, 0) is 12.7 Å². The number of H-pyrrole nitrogens is 1. The smallest absolute Gasteiger partial charge is 0.335 e. The largest absolute Gasteiger partial charge is 0.432 e. The number of hydrogen-bond acceptors (Lipinski definition) is 3. The summed E-state index contributed by atoms with van der Waals surface area (Å²) in [7, 11) is 0. The molecule has 10 heteroatoms. The number of carbonyl (C=O) groups is 1. The number of amides is 1. The summed E-state index contributed by atoms with van der Waals surface area (Å²) in [5, 5.41) is 6.32. The topological polar surface area (TPSA) is 52.2 Å². The monoisotopic (exact) mass is 406 g/mol. The molecule has 1 aromatic carbocycles. The van der Waals surface area contributed by atoms with E-state index in [1.165, 1.54) is 4.90 Å². The fourth-order valence-corrected chi connectivity index (χ4v) is 3.06. The van der Waals surface area contributed by atoms with Crippen molar-refractivity contribution in [3.05, 3.63) is 51.3 Å². The van der Waals surface area contributed by atoms with Crippen LogP contribution in [0.5, 0.6) is 0 Å². The Balaban J connectivity index is 1.57. The lowest BCUT2D eigenvalue weighted by Crippen LogP contribution is -2.48. The molecular weight excluding hydrogens is 392 g/mol. The van der Waals surface area contributed by atoms with Crippen LogP contribution in [0.1, 0.15) is 21.7 Å². The van der Waals surface area contributed by atoms with E-state index in [1.54, 1.807) is 12.1 Å². The molecule has 2 aromatic rings. The van der Waals surface area contributed by atoms with Gasteiger partial charge < -0.3 is 4.90 Å². The molecule has 0 atom stereocenters. The number of carbonyl (C=O) groups excluding carboxylic acids is 1. The molecule has 0 unspecified atom stereocenters. The minimum absolute atomic E-state index is 0.227. The lowest BCUT2D eigenvalue weighted by atomic mass is 10.2. The van der Waals surface area contributed by atoms with Gasteiger partial charge in [0.15, 0.2) is 5.69 Å². The van der Waals surface area contributed by atoms with Crippen molar-refractivity contribution in [2.75, 3.05) is 26.2 Å². The number of alkyl halides is 3. The first-order valence-electron chi connectivity index (χ1n) is 7.82. The number of hydrogen-bond donors (Lipinski definition) is 1. The molecule has 0 aliphatic carbocycles. The van der Waals surface area contributed by atoms with E-state index in [0.29, 0.717) is 42.8 Å². The minimum atomic E-state index is -4.55. The van der Waals surface area contributed by atoms with Gasteiger partial charge in [-0.25, -0.2) is 0 Å². The van der Waals surface area contributed by atoms with E-state index >= 15 is 0 Å². The molecule has 1 aliphatic rings. The maximum Gasteiger partial charge on any atom is 0.432 e. The molecule has 1 amide bonds. The molecule has 2 heterocycles. The number of rotatable bonds is 3. The highest BCUT2D eigenvalue weighted by atomic mass is 35.5. The third kappa shape index (κ3) is 4.31. The number of nitrogens with zero attached hydrogens (tertiary/aromatic N) is 3. The molecule has 1 aromatic heterocycles. The second-order valence-corrected chi connectivity index (χ2v) is 6.80. The molecule has 26 heavy (non-hydrogen) atoms. The van der Waals surface area contributed by atoms with Gasteiger partial charge in [0.25, 0.3) is 5.91 Å². The van der Waals surface area contributed by atoms with Crippen LogP contribution in [0.3, 0.4) is 0 Å². The van der Waals surface area contributed by atoms with Crippen LogP contribution in [0.25, 0.3) is 0 Å². The molecule has 0 spiro atoms. The van der Waals surface area contributed by atoms with Crippen molar-refractivity contribution in [3.8, 4) is 0 Å². The predicted molar refractivity (Wildman–Crippen MR) is 91.2 cm³/mol. The minimum Gasteiger partial charge on any atom is -0.335 e. The van der Waals surface area contributed by atoms with Crippen LogP contribution in [0.2, 0.25) is 10.0 Å². The molecule has 0 radical (unpaired) electrons. The number of benzene rings is 1. The van der Waals surface area contributed by atoms with Crippen LogP contribution < -0.4 is 0 Å². The van der Waals surface area contributed by atoms with Gasteiger partial charge in [0.1, 0.15) is 5.69 Å².